The van der Waals surface area contributed by atoms with Crippen LogP contribution in [-0.4, -0.2) is 17.8 Å². The van der Waals surface area contributed by atoms with Crippen molar-refractivity contribution in [1.82, 2.24) is 5.32 Å². The van der Waals surface area contributed by atoms with Crippen molar-refractivity contribution in [3.63, 3.8) is 0 Å². The Morgan fingerprint density at radius 1 is 1.12 bits per heavy atom. The van der Waals surface area contributed by atoms with Crippen LogP contribution in [0.5, 0.6) is 0 Å². The largest absolute Gasteiger partial charge is 0.396 e. The Bertz CT molecular complexity index is 304. The normalized spacial score (nSPS) is 24.1. The van der Waals surface area contributed by atoms with Crippen molar-refractivity contribution in [2.75, 3.05) is 6.61 Å². The van der Waals surface area contributed by atoms with Gasteiger partial charge in [-0.1, -0.05) is 43.2 Å². The van der Waals surface area contributed by atoms with Gasteiger partial charge in [0.25, 0.3) is 0 Å². The lowest BCUT2D eigenvalue weighted by atomic mass is 9.85. The van der Waals surface area contributed by atoms with Gasteiger partial charge < -0.3 is 10.4 Å². The predicted molar refractivity (Wildman–Crippen MR) is 76.5 cm³/mol. The number of nitrogens with one attached hydrogen (secondary N) is 1. The summed E-state index contributed by atoms with van der Waals surface area (Å²) in [4.78, 5) is 0. The van der Waals surface area contributed by atoms with Crippen molar-refractivity contribution in [1.29, 1.82) is 0 Å². The van der Waals surface area contributed by atoms with E-state index in [2.05, 4.69) is 29.6 Å². The maximum absolute atomic E-state index is 9.32. The lowest BCUT2D eigenvalue weighted by Crippen LogP contribution is -2.39. The van der Waals surface area contributed by atoms with Gasteiger partial charge in [-0.2, -0.15) is 13.5 Å². The molecule has 0 unspecified atom stereocenters. The first-order chi connectivity index (χ1) is 7.90. The molecule has 0 amide bonds. The molecule has 1 aromatic rings. The van der Waals surface area contributed by atoms with Gasteiger partial charge in [0, 0.05) is 19.2 Å². The number of benzene rings is 1. The summed E-state index contributed by atoms with van der Waals surface area (Å²) >= 11 is 0. The Morgan fingerprint density at radius 3 is 2.53 bits per heavy atom. The summed E-state index contributed by atoms with van der Waals surface area (Å²) in [5, 5.41) is 12.9. The zero-order chi connectivity index (χ0) is 11.2. The first kappa shape index (κ1) is 14.6. The molecule has 17 heavy (non-hydrogen) atoms. The average molecular weight is 253 g/mol. The Morgan fingerprint density at radius 2 is 1.82 bits per heavy atom. The van der Waals surface area contributed by atoms with E-state index in [0.717, 1.165) is 6.54 Å². The molecule has 2 nitrogen and oxygen atoms in total. The van der Waals surface area contributed by atoms with E-state index in [1.165, 1.54) is 31.2 Å². The van der Waals surface area contributed by atoms with Gasteiger partial charge in [0.1, 0.15) is 0 Å². The van der Waals surface area contributed by atoms with Crippen LogP contribution in [0.15, 0.2) is 30.3 Å². The fourth-order valence-electron chi connectivity index (χ4n) is 2.54. The second-order valence-electron chi connectivity index (χ2n) is 4.70. The minimum absolute atomic E-state index is 0. The Kier molecular flexibility index (Phi) is 6.63. The quantitative estimate of drug-likeness (QED) is 0.864. The third-order valence-corrected chi connectivity index (χ3v) is 3.55. The van der Waals surface area contributed by atoms with E-state index >= 15 is 0 Å². The third kappa shape index (κ3) is 4.34. The molecule has 0 radical (unpaired) electrons. The molecule has 0 heterocycles. The van der Waals surface area contributed by atoms with E-state index in [0.29, 0.717) is 18.6 Å². The molecule has 2 atom stereocenters. The molecular formula is C14H23NOS. The van der Waals surface area contributed by atoms with Crippen molar-refractivity contribution in [2.24, 2.45) is 5.92 Å². The molecule has 1 saturated carbocycles. The topological polar surface area (TPSA) is 32.3 Å². The maximum atomic E-state index is 9.32. The van der Waals surface area contributed by atoms with Crippen LogP contribution in [0.1, 0.15) is 31.2 Å². The summed E-state index contributed by atoms with van der Waals surface area (Å²) in [6.45, 7) is 1.24. The highest BCUT2D eigenvalue weighted by atomic mass is 32.1. The van der Waals surface area contributed by atoms with Crippen LogP contribution in [0.2, 0.25) is 0 Å². The molecule has 3 heteroatoms. The lowest BCUT2D eigenvalue weighted by molar-refractivity contribution is 0.152. The van der Waals surface area contributed by atoms with Crippen LogP contribution in [0.3, 0.4) is 0 Å². The van der Waals surface area contributed by atoms with Gasteiger partial charge in [0.2, 0.25) is 0 Å². The second kappa shape index (κ2) is 7.75. The molecule has 1 aliphatic carbocycles. The fraction of sp³-hybridized carbons (Fsp3) is 0.571. The van der Waals surface area contributed by atoms with Gasteiger partial charge in [-0.15, -0.1) is 0 Å². The van der Waals surface area contributed by atoms with Gasteiger partial charge >= 0.3 is 0 Å². The molecule has 0 aromatic heterocycles. The molecule has 0 aliphatic heterocycles. The first-order valence-electron chi connectivity index (χ1n) is 6.28. The molecule has 0 spiro atoms. The van der Waals surface area contributed by atoms with Crippen molar-refractivity contribution in [2.45, 2.75) is 38.3 Å². The Hall–Kier alpha value is -0.510. The van der Waals surface area contributed by atoms with E-state index in [-0.39, 0.29) is 13.5 Å². The molecule has 96 valence electrons. The van der Waals surface area contributed by atoms with Crippen LogP contribution in [0.4, 0.5) is 0 Å². The number of rotatable bonds is 4. The number of hydrogen-bond acceptors (Lipinski definition) is 2. The van der Waals surface area contributed by atoms with Crippen molar-refractivity contribution < 1.29 is 5.11 Å². The standard InChI is InChI=1S/C14H21NO.H2S/c16-11-13-8-4-5-9-14(13)15-10-12-6-2-1-3-7-12;/h1-3,6-7,13-16H,4-5,8-11H2;1H2/t13-,14-;/m1./s1. The fourth-order valence-corrected chi connectivity index (χ4v) is 2.54. The summed E-state index contributed by atoms with van der Waals surface area (Å²) in [5.74, 6) is 0.456. The monoisotopic (exact) mass is 253 g/mol. The molecule has 0 bridgehead atoms. The minimum atomic E-state index is 0. The Labute approximate surface area is 111 Å². The van der Waals surface area contributed by atoms with Crippen LogP contribution in [0, 0.1) is 5.92 Å². The van der Waals surface area contributed by atoms with Gasteiger partial charge in [0.05, 0.1) is 0 Å². The van der Waals surface area contributed by atoms with Crippen LogP contribution in [-0.2, 0) is 6.54 Å². The van der Waals surface area contributed by atoms with E-state index < -0.39 is 0 Å². The van der Waals surface area contributed by atoms with Crippen molar-refractivity contribution >= 4 is 13.5 Å². The summed E-state index contributed by atoms with van der Waals surface area (Å²) in [7, 11) is 0. The first-order valence-corrected chi connectivity index (χ1v) is 6.28. The van der Waals surface area contributed by atoms with E-state index in [1.807, 2.05) is 6.07 Å². The molecular weight excluding hydrogens is 230 g/mol. The van der Waals surface area contributed by atoms with Crippen molar-refractivity contribution in [3.05, 3.63) is 35.9 Å². The number of aliphatic hydroxyl groups excluding tert-OH is 1. The van der Waals surface area contributed by atoms with Crippen LogP contribution >= 0.6 is 13.5 Å². The van der Waals surface area contributed by atoms with Crippen LogP contribution < -0.4 is 5.32 Å². The molecule has 1 fully saturated rings. The van der Waals surface area contributed by atoms with E-state index in [4.69, 9.17) is 0 Å². The van der Waals surface area contributed by atoms with Gasteiger partial charge in [-0.3, -0.25) is 0 Å². The molecule has 1 aromatic carbocycles. The maximum Gasteiger partial charge on any atom is 0.0474 e. The lowest BCUT2D eigenvalue weighted by Gasteiger charge is -2.31. The molecule has 1 aliphatic rings. The summed E-state index contributed by atoms with van der Waals surface area (Å²) in [6, 6.07) is 11.0. The van der Waals surface area contributed by atoms with Gasteiger partial charge in [-0.05, 0) is 24.3 Å². The van der Waals surface area contributed by atoms with E-state index in [9.17, 15) is 5.11 Å². The van der Waals surface area contributed by atoms with E-state index in [1.54, 1.807) is 0 Å². The summed E-state index contributed by atoms with van der Waals surface area (Å²) in [6.07, 6.45) is 4.94. The van der Waals surface area contributed by atoms with Crippen LogP contribution in [0.25, 0.3) is 0 Å². The zero-order valence-corrected chi connectivity index (χ0v) is 11.2. The molecule has 0 saturated heterocycles. The summed E-state index contributed by atoms with van der Waals surface area (Å²) in [5.41, 5.74) is 1.32. The molecule has 2 rings (SSSR count). The highest BCUT2D eigenvalue weighted by molar-refractivity contribution is 7.59. The smallest absolute Gasteiger partial charge is 0.0474 e. The Balaban J connectivity index is 0.00000144. The zero-order valence-electron chi connectivity index (χ0n) is 10.2. The van der Waals surface area contributed by atoms with Gasteiger partial charge in [0.15, 0.2) is 0 Å². The number of aliphatic hydroxyl groups is 1. The van der Waals surface area contributed by atoms with Gasteiger partial charge in [-0.25, -0.2) is 0 Å². The predicted octanol–water partition coefficient (Wildman–Crippen LogP) is 2.44. The third-order valence-electron chi connectivity index (χ3n) is 3.55. The summed E-state index contributed by atoms with van der Waals surface area (Å²) < 4.78 is 0. The number of hydrogen-bond donors (Lipinski definition) is 2. The highest BCUT2D eigenvalue weighted by Crippen LogP contribution is 2.24. The van der Waals surface area contributed by atoms with Crippen molar-refractivity contribution in [3.8, 4) is 0 Å². The SMILES string of the molecule is OC[C@H]1CCCC[C@H]1NCc1ccccc1.S. The highest BCUT2D eigenvalue weighted by Gasteiger charge is 2.23. The minimum Gasteiger partial charge on any atom is -0.396 e. The molecule has 2 N–H and O–H groups in total. The second-order valence-corrected chi connectivity index (χ2v) is 4.70. The average Bonchev–Trinajstić information content (AvgIpc) is 2.38.